The van der Waals surface area contributed by atoms with Crippen molar-refractivity contribution >= 4 is 0 Å². The largest absolute Gasteiger partial charge is 0.457 e. The van der Waals surface area contributed by atoms with Crippen LogP contribution in [0.15, 0.2) is 48.5 Å². The van der Waals surface area contributed by atoms with Crippen LogP contribution in [0.4, 0.5) is 0 Å². The number of rotatable bonds is 4. The van der Waals surface area contributed by atoms with E-state index in [0.717, 1.165) is 24.6 Å². The SMILES string of the molecule is CN(C)CCNC1c2ccccc2Oc2ccccc21. The number of fused-ring (bicyclic) bond motifs is 2. The summed E-state index contributed by atoms with van der Waals surface area (Å²) in [5.41, 5.74) is 2.43. The Hall–Kier alpha value is -1.84. The van der Waals surface area contributed by atoms with Crippen LogP contribution < -0.4 is 10.1 Å². The lowest BCUT2D eigenvalue weighted by Crippen LogP contribution is -2.31. The van der Waals surface area contributed by atoms with Crippen molar-refractivity contribution in [1.29, 1.82) is 0 Å². The highest BCUT2D eigenvalue weighted by Crippen LogP contribution is 2.42. The summed E-state index contributed by atoms with van der Waals surface area (Å²) >= 11 is 0. The Morgan fingerprint density at radius 2 is 1.50 bits per heavy atom. The fraction of sp³-hybridized carbons (Fsp3) is 0.294. The third-order valence-electron chi connectivity index (χ3n) is 3.59. The molecule has 0 fully saturated rings. The molecule has 3 rings (SSSR count). The average Bonchev–Trinajstić information content (AvgIpc) is 2.46. The molecule has 0 aromatic heterocycles. The third-order valence-corrected chi connectivity index (χ3v) is 3.59. The van der Waals surface area contributed by atoms with Gasteiger partial charge in [0.1, 0.15) is 11.5 Å². The molecule has 1 aliphatic heterocycles. The van der Waals surface area contributed by atoms with Gasteiger partial charge < -0.3 is 15.0 Å². The molecule has 1 heterocycles. The Labute approximate surface area is 120 Å². The van der Waals surface area contributed by atoms with Crippen LogP contribution in [0.2, 0.25) is 0 Å². The predicted octanol–water partition coefficient (Wildman–Crippen LogP) is 3.03. The minimum absolute atomic E-state index is 0.205. The van der Waals surface area contributed by atoms with E-state index in [-0.39, 0.29) is 6.04 Å². The van der Waals surface area contributed by atoms with Crippen molar-refractivity contribution in [3.8, 4) is 11.5 Å². The van der Waals surface area contributed by atoms with Gasteiger partial charge in [0.15, 0.2) is 0 Å². The monoisotopic (exact) mass is 268 g/mol. The maximum atomic E-state index is 5.98. The third kappa shape index (κ3) is 2.55. The first kappa shape index (κ1) is 13.2. The molecule has 0 amide bonds. The van der Waals surface area contributed by atoms with Crippen molar-refractivity contribution in [3.63, 3.8) is 0 Å². The lowest BCUT2D eigenvalue weighted by atomic mass is 9.94. The lowest BCUT2D eigenvalue weighted by Gasteiger charge is -2.29. The molecule has 104 valence electrons. The van der Waals surface area contributed by atoms with E-state index < -0.39 is 0 Å². The molecule has 1 N–H and O–H groups in total. The summed E-state index contributed by atoms with van der Waals surface area (Å²) in [6, 6.07) is 16.7. The van der Waals surface area contributed by atoms with E-state index in [1.54, 1.807) is 0 Å². The number of para-hydroxylation sites is 2. The van der Waals surface area contributed by atoms with Gasteiger partial charge in [-0.15, -0.1) is 0 Å². The van der Waals surface area contributed by atoms with Crippen LogP contribution in [0.5, 0.6) is 11.5 Å². The van der Waals surface area contributed by atoms with Gasteiger partial charge in [0.25, 0.3) is 0 Å². The number of likely N-dealkylation sites (N-methyl/N-ethyl adjacent to an activating group) is 1. The fourth-order valence-electron chi connectivity index (χ4n) is 2.56. The zero-order valence-electron chi connectivity index (χ0n) is 12.0. The number of ether oxygens (including phenoxy) is 1. The zero-order chi connectivity index (χ0) is 13.9. The highest BCUT2D eigenvalue weighted by atomic mass is 16.5. The molecule has 0 radical (unpaired) electrons. The van der Waals surface area contributed by atoms with E-state index in [1.807, 2.05) is 24.3 Å². The Bertz CT molecular complexity index is 550. The van der Waals surface area contributed by atoms with Crippen LogP contribution >= 0.6 is 0 Å². The van der Waals surface area contributed by atoms with Gasteiger partial charge >= 0.3 is 0 Å². The van der Waals surface area contributed by atoms with Gasteiger partial charge in [-0.25, -0.2) is 0 Å². The van der Waals surface area contributed by atoms with E-state index in [0.29, 0.717) is 0 Å². The first-order valence-electron chi connectivity index (χ1n) is 6.99. The number of nitrogens with one attached hydrogen (secondary N) is 1. The quantitative estimate of drug-likeness (QED) is 0.922. The van der Waals surface area contributed by atoms with Crippen molar-refractivity contribution in [1.82, 2.24) is 10.2 Å². The molecule has 0 saturated heterocycles. The molecule has 3 heteroatoms. The van der Waals surface area contributed by atoms with Gasteiger partial charge in [-0.05, 0) is 26.2 Å². The van der Waals surface area contributed by atoms with Crippen LogP contribution in [-0.2, 0) is 0 Å². The number of hydrogen-bond donors (Lipinski definition) is 1. The summed E-state index contributed by atoms with van der Waals surface area (Å²) in [6.45, 7) is 1.96. The van der Waals surface area contributed by atoms with Crippen LogP contribution in [-0.4, -0.2) is 32.1 Å². The fourth-order valence-corrected chi connectivity index (χ4v) is 2.56. The molecule has 2 aromatic rings. The molecule has 0 atom stereocenters. The number of benzene rings is 2. The Kier molecular flexibility index (Phi) is 3.72. The summed E-state index contributed by atoms with van der Waals surface area (Å²) in [5.74, 6) is 1.90. The van der Waals surface area contributed by atoms with E-state index in [9.17, 15) is 0 Å². The molecule has 20 heavy (non-hydrogen) atoms. The smallest absolute Gasteiger partial charge is 0.132 e. The van der Waals surface area contributed by atoms with Crippen LogP contribution in [0.1, 0.15) is 17.2 Å². The van der Waals surface area contributed by atoms with Gasteiger partial charge in [0, 0.05) is 24.2 Å². The molecule has 0 bridgehead atoms. The first-order valence-corrected chi connectivity index (χ1v) is 6.99. The summed E-state index contributed by atoms with van der Waals surface area (Å²) in [6.07, 6.45) is 0. The summed E-state index contributed by atoms with van der Waals surface area (Å²) < 4.78 is 5.98. The van der Waals surface area contributed by atoms with E-state index in [2.05, 4.69) is 48.6 Å². The normalized spacial score (nSPS) is 13.8. The standard InChI is InChI=1S/C17H20N2O/c1-19(2)12-11-18-17-13-7-3-5-9-15(13)20-16-10-6-4-8-14(16)17/h3-10,17-18H,11-12H2,1-2H3. The minimum atomic E-state index is 0.205. The second-order valence-electron chi connectivity index (χ2n) is 5.37. The Morgan fingerprint density at radius 3 is 2.05 bits per heavy atom. The maximum absolute atomic E-state index is 5.98. The molecule has 0 saturated carbocycles. The summed E-state index contributed by atoms with van der Waals surface area (Å²) in [7, 11) is 4.18. The zero-order valence-corrected chi connectivity index (χ0v) is 12.0. The Morgan fingerprint density at radius 1 is 0.950 bits per heavy atom. The lowest BCUT2D eigenvalue weighted by molar-refractivity contribution is 0.380. The van der Waals surface area contributed by atoms with Crippen LogP contribution in [0.3, 0.4) is 0 Å². The van der Waals surface area contributed by atoms with E-state index in [4.69, 9.17) is 4.74 Å². The molecule has 0 unspecified atom stereocenters. The minimum Gasteiger partial charge on any atom is -0.457 e. The highest BCUT2D eigenvalue weighted by Gasteiger charge is 2.25. The van der Waals surface area contributed by atoms with E-state index >= 15 is 0 Å². The van der Waals surface area contributed by atoms with Crippen LogP contribution in [0.25, 0.3) is 0 Å². The number of nitrogens with zero attached hydrogens (tertiary/aromatic N) is 1. The van der Waals surface area contributed by atoms with Gasteiger partial charge in [0.2, 0.25) is 0 Å². The Balaban J connectivity index is 1.91. The van der Waals surface area contributed by atoms with Gasteiger partial charge in [0.05, 0.1) is 6.04 Å². The summed E-state index contributed by atoms with van der Waals surface area (Å²) in [5, 5.41) is 3.64. The van der Waals surface area contributed by atoms with Crippen molar-refractivity contribution in [2.45, 2.75) is 6.04 Å². The number of hydrogen-bond acceptors (Lipinski definition) is 3. The molecule has 0 spiro atoms. The topological polar surface area (TPSA) is 24.5 Å². The van der Waals surface area contributed by atoms with Crippen molar-refractivity contribution in [3.05, 3.63) is 59.7 Å². The van der Waals surface area contributed by atoms with Gasteiger partial charge in [-0.3, -0.25) is 0 Å². The second kappa shape index (κ2) is 5.65. The average molecular weight is 268 g/mol. The summed E-state index contributed by atoms with van der Waals surface area (Å²) in [4.78, 5) is 2.18. The molecule has 2 aromatic carbocycles. The molecule has 0 aliphatic carbocycles. The van der Waals surface area contributed by atoms with Gasteiger partial charge in [-0.2, -0.15) is 0 Å². The molecule has 3 nitrogen and oxygen atoms in total. The second-order valence-corrected chi connectivity index (χ2v) is 5.37. The van der Waals surface area contributed by atoms with E-state index in [1.165, 1.54) is 11.1 Å². The van der Waals surface area contributed by atoms with Gasteiger partial charge in [-0.1, -0.05) is 36.4 Å². The molecular weight excluding hydrogens is 248 g/mol. The van der Waals surface area contributed by atoms with Crippen molar-refractivity contribution in [2.24, 2.45) is 0 Å². The predicted molar refractivity (Wildman–Crippen MR) is 81.4 cm³/mol. The maximum Gasteiger partial charge on any atom is 0.132 e. The first-order chi connectivity index (χ1) is 9.75. The van der Waals surface area contributed by atoms with Crippen LogP contribution in [0, 0.1) is 0 Å². The van der Waals surface area contributed by atoms with Crippen molar-refractivity contribution < 1.29 is 4.74 Å². The molecule has 1 aliphatic rings. The highest BCUT2D eigenvalue weighted by molar-refractivity contribution is 5.52. The molecular formula is C17H20N2O. The van der Waals surface area contributed by atoms with Crippen molar-refractivity contribution in [2.75, 3.05) is 27.2 Å².